The van der Waals surface area contributed by atoms with Gasteiger partial charge in [-0.2, -0.15) is 0 Å². The number of hydrogen-bond acceptors (Lipinski definition) is 3. The Morgan fingerprint density at radius 3 is 2.95 bits per heavy atom. The number of nitrogens with one attached hydrogen (secondary N) is 1. The molecular formula is C15H18N2O4. The van der Waals surface area contributed by atoms with E-state index in [0.717, 1.165) is 11.3 Å². The summed E-state index contributed by atoms with van der Waals surface area (Å²) in [6.45, 7) is 1.86. The number of urea groups is 1. The van der Waals surface area contributed by atoms with Crippen molar-refractivity contribution < 1.29 is 19.4 Å². The Morgan fingerprint density at radius 1 is 1.38 bits per heavy atom. The predicted molar refractivity (Wildman–Crippen MR) is 75.4 cm³/mol. The number of benzene rings is 1. The van der Waals surface area contributed by atoms with Gasteiger partial charge in [0, 0.05) is 31.1 Å². The molecule has 2 aliphatic rings. The maximum atomic E-state index is 12.1. The number of likely N-dealkylation sites (tertiary alicyclic amines) is 1. The molecule has 0 aromatic heterocycles. The van der Waals surface area contributed by atoms with Crippen molar-refractivity contribution in [1.29, 1.82) is 0 Å². The molecule has 1 saturated heterocycles. The van der Waals surface area contributed by atoms with Crippen molar-refractivity contribution in [3.63, 3.8) is 0 Å². The summed E-state index contributed by atoms with van der Waals surface area (Å²) in [5.74, 6) is -0.235. The highest BCUT2D eigenvalue weighted by Crippen LogP contribution is 2.32. The van der Waals surface area contributed by atoms with Gasteiger partial charge in [0.05, 0.1) is 12.5 Å². The molecule has 2 atom stereocenters. The first kappa shape index (κ1) is 13.7. The Bertz CT molecular complexity index is 560. The topological polar surface area (TPSA) is 78.9 Å². The third-order valence-corrected chi connectivity index (χ3v) is 4.12. The molecule has 2 heterocycles. The Balaban J connectivity index is 1.52. The van der Waals surface area contributed by atoms with Crippen molar-refractivity contribution in [2.75, 3.05) is 26.2 Å². The fraction of sp³-hybridized carbons (Fsp3) is 0.467. The molecule has 2 unspecified atom stereocenters. The maximum Gasteiger partial charge on any atom is 0.317 e. The molecule has 112 valence electrons. The summed E-state index contributed by atoms with van der Waals surface area (Å²) in [6.07, 6.45) is 0.526. The number of hydrogen-bond donors (Lipinski definition) is 2. The molecule has 1 aromatic rings. The van der Waals surface area contributed by atoms with Crippen LogP contribution in [0.5, 0.6) is 5.75 Å². The molecular weight excluding hydrogens is 272 g/mol. The van der Waals surface area contributed by atoms with Gasteiger partial charge in [-0.15, -0.1) is 0 Å². The van der Waals surface area contributed by atoms with E-state index in [0.29, 0.717) is 32.7 Å². The van der Waals surface area contributed by atoms with Crippen molar-refractivity contribution >= 4 is 12.0 Å². The summed E-state index contributed by atoms with van der Waals surface area (Å²) in [5.41, 5.74) is 1.11. The Labute approximate surface area is 122 Å². The second-order valence-electron chi connectivity index (χ2n) is 5.50. The van der Waals surface area contributed by atoms with Gasteiger partial charge in [0.1, 0.15) is 5.75 Å². The van der Waals surface area contributed by atoms with E-state index in [-0.39, 0.29) is 11.9 Å². The van der Waals surface area contributed by atoms with Crippen LogP contribution in [0.3, 0.4) is 0 Å². The van der Waals surface area contributed by atoms with E-state index in [9.17, 15) is 9.59 Å². The zero-order chi connectivity index (χ0) is 14.8. The van der Waals surface area contributed by atoms with Crippen molar-refractivity contribution in [2.45, 2.75) is 12.3 Å². The number of carboxylic acids is 1. The summed E-state index contributed by atoms with van der Waals surface area (Å²) in [7, 11) is 0. The van der Waals surface area contributed by atoms with Crippen molar-refractivity contribution in [3.05, 3.63) is 29.8 Å². The maximum absolute atomic E-state index is 12.1. The largest absolute Gasteiger partial charge is 0.493 e. The van der Waals surface area contributed by atoms with Crippen molar-refractivity contribution in [3.8, 4) is 5.75 Å². The van der Waals surface area contributed by atoms with Gasteiger partial charge in [0.15, 0.2) is 0 Å². The lowest BCUT2D eigenvalue weighted by Crippen LogP contribution is -2.40. The molecule has 0 bridgehead atoms. The van der Waals surface area contributed by atoms with E-state index in [1.54, 1.807) is 4.90 Å². The number of carbonyl (C=O) groups excluding carboxylic acids is 1. The Kier molecular flexibility index (Phi) is 3.68. The minimum atomic E-state index is -0.830. The molecule has 2 aliphatic heterocycles. The summed E-state index contributed by atoms with van der Waals surface area (Å²) >= 11 is 0. The van der Waals surface area contributed by atoms with Crippen LogP contribution in [0.25, 0.3) is 0 Å². The minimum absolute atomic E-state index is 0.156. The molecule has 0 spiro atoms. The summed E-state index contributed by atoms with van der Waals surface area (Å²) in [5, 5.41) is 11.8. The number of carbonyl (C=O) groups is 2. The van der Waals surface area contributed by atoms with Gasteiger partial charge >= 0.3 is 12.0 Å². The van der Waals surface area contributed by atoms with E-state index in [1.807, 2.05) is 24.3 Å². The van der Waals surface area contributed by atoms with Crippen LogP contribution in [0, 0.1) is 5.92 Å². The lowest BCUT2D eigenvalue weighted by Gasteiger charge is -2.18. The number of aliphatic carboxylic acids is 1. The van der Waals surface area contributed by atoms with Crippen LogP contribution in [-0.4, -0.2) is 48.2 Å². The highest BCUT2D eigenvalue weighted by atomic mass is 16.5. The van der Waals surface area contributed by atoms with E-state index in [1.165, 1.54) is 0 Å². The van der Waals surface area contributed by atoms with Gasteiger partial charge in [-0.25, -0.2) is 4.79 Å². The average molecular weight is 290 g/mol. The van der Waals surface area contributed by atoms with Crippen LogP contribution < -0.4 is 10.1 Å². The standard InChI is InChI=1S/C15H18N2O4/c18-14(19)10-5-6-17(8-10)15(20)16-7-11-9-21-13-4-2-1-3-12(11)13/h1-4,10-11H,5-9H2,(H,16,20)(H,18,19). The van der Waals surface area contributed by atoms with Gasteiger partial charge in [0.2, 0.25) is 0 Å². The van der Waals surface area contributed by atoms with Crippen molar-refractivity contribution in [1.82, 2.24) is 10.2 Å². The van der Waals surface area contributed by atoms with Gasteiger partial charge in [0.25, 0.3) is 0 Å². The molecule has 0 aliphatic carbocycles. The van der Waals surface area contributed by atoms with Gasteiger partial charge in [-0.3, -0.25) is 4.79 Å². The molecule has 1 aromatic carbocycles. The Hall–Kier alpha value is -2.24. The van der Waals surface area contributed by atoms with Crippen LogP contribution in [0.15, 0.2) is 24.3 Å². The molecule has 2 amide bonds. The number of para-hydroxylation sites is 1. The summed E-state index contributed by atoms with van der Waals surface area (Å²) < 4.78 is 5.57. The number of nitrogens with zero attached hydrogens (tertiary/aromatic N) is 1. The predicted octanol–water partition coefficient (Wildman–Crippen LogP) is 1.28. The summed E-state index contributed by atoms with van der Waals surface area (Å²) in [6, 6.07) is 7.63. The lowest BCUT2D eigenvalue weighted by atomic mass is 10.0. The first-order chi connectivity index (χ1) is 10.1. The molecule has 0 saturated carbocycles. The number of amides is 2. The molecule has 2 N–H and O–H groups in total. The monoisotopic (exact) mass is 290 g/mol. The van der Waals surface area contributed by atoms with Crippen LogP contribution >= 0.6 is 0 Å². The SMILES string of the molecule is O=C(O)C1CCN(C(=O)NCC2COc3ccccc32)C1. The quantitative estimate of drug-likeness (QED) is 0.879. The second kappa shape index (κ2) is 5.63. The smallest absolute Gasteiger partial charge is 0.317 e. The number of carboxylic acid groups (broad SMARTS) is 1. The highest BCUT2D eigenvalue weighted by molar-refractivity contribution is 5.77. The first-order valence-electron chi connectivity index (χ1n) is 7.12. The van der Waals surface area contributed by atoms with E-state index in [2.05, 4.69) is 5.32 Å². The normalized spacial score (nSPS) is 23.5. The molecule has 6 heteroatoms. The third kappa shape index (κ3) is 2.79. The van der Waals surface area contributed by atoms with E-state index >= 15 is 0 Å². The average Bonchev–Trinajstić information content (AvgIpc) is 3.12. The summed E-state index contributed by atoms with van der Waals surface area (Å²) in [4.78, 5) is 24.5. The van der Waals surface area contributed by atoms with Crippen LogP contribution in [0.1, 0.15) is 17.9 Å². The van der Waals surface area contributed by atoms with E-state index < -0.39 is 11.9 Å². The number of ether oxygens (including phenoxy) is 1. The van der Waals surface area contributed by atoms with Gasteiger partial charge < -0.3 is 20.1 Å². The molecule has 3 rings (SSSR count). The Morgan fingerprint density at radius 2 is 2.19 bits per heavy atom. The van der Waals surface area contributed by atoms with Gasteiger partial charge in [-0.1, -0.05) is 18.2 Å². The van der Waals surface area contributed by atoms with Crippen LogP contribution in [0.2, 0.25) is 0 Å². The lowest BCUT2D eigenvalue weighted by molar-refractivity contribution is -0.141. The van der Waals surface area contributed by atoms with E-state index in [4.69, 9.17) is 9.84 Å². The fourth-order valence-corrected chi connectivity index (χ4v) is 2.87. The minimum Gasteiger partial charge on any atom is -0.493 e. The second-order valence-corrected chi connectivity index (χ2v) is 5.50. The van der Waals surface area contributed by atoms with Gasteiger partial charge in [-0.05, 0) is 12.5 Å². The fourth-order valence-electron chi connectivity index (χ4n) is 2.87. The molecule has 0 radical (unpaired) electrons. The zero-order valence-electron chi connectivity index (χ0n) is 11.6. The van der Waals surface area contributed by atoms with Crippen LogP contribution in [-0.2, 0) is 4.79 Å². The van der Waals surface area contributed by atoms with Crippen LogP contribution in [0.4, 0.5) is 4.79 Å². The zero-order valence-corrected chi connectivity index (χ0v) is 11.6. The van der Waals surface area contributed by atoms with Crippen molar-refractivity contribution in [2.24, 2.45) is 5.92 Å². The molecule has 6 nitrogen and oxygen atoms in total. The molecule has 21 heavy (non-hydrogen) atoms. The number of rotatable bonds is 3. The molecule has 1 fully saturated rings. The third-order valence-electron chi connectivity index (χ3n) is 4.12. The number of fused-ring (bicyclic) bond motifs is 1. The first-order valence-corrected chi connectivity index (χ1v) is 7.12. The highest BCUT2D eigenvalue weighted by Gasteiger charge is 2.31.